The number of hydrogen-bond acceptors (Lipinski definition) is 7. The Hall–Kier alpha value is -3.06. The van der Waals surface area contributed by atoms with Gasteiger partial charge in [0.05, 0.1) is 5.69 Å². The summed E-state index contributed by atoms with van der Waals surface area (Å²) in [6.45, 7) is 2.26. The molecule has 7 heteroatoms. The summed E-state index contributed by atoms with van der Waals surface area (Å²) < 4.78 is 16.5. The molecule has 0 radical (unpaired) electrons. The molecule has 1 N–H and O–H groups in total. The van der Waals surface area contributed by atoms with Crippen LogP contribution >= 0.6 is 11.3 Å². The molecular formula is C20H18N2O4S. The lowest BCUT2D eigenvalue weighted by molar-refractivity contribution is -0.156. The largest absolute Gasteiger partial charge is 0.485 e. The molecule has 1 aromatic heterocycles. The van der Waals surface area contributed by atoms with Crippen LogP contribution in [0.25, 0.3) is 0 Å². The molecule has 0 fully saturated rings. The van der Waals surface area contributed by atoms with E-state index in [9.17, 15) is 4.79 Å². The fourth-order valence-electron chi connectivity index (χ4n) is 2.56. The van der Waals surface area contributed by atoms with Gasteiger partial charge in [-0.1, -0.05) is 29.8 Å². The third-order valence-corrected chi connectivity index (χ3v) is 4.79. The normalized spacial score (nSPS) is 15.2. The summed E-state index contributed by atoms with van der Waals surface area (Å²) in [7, 11) is 0. The minimum Gasteiger partial charge on any atom is -0.485 e. The highest BCUT2D eigenvalue weighted by Gasteiger charge is 2.28. The summed E-state index contributed by atoms with van der Waals surface area (Å²) in [5.74, 6) is 0.711. The second-order valence-electron chi connectivity index (χ2n) is 6.11. The Balaban J connectivity index is 1.31. The Kier molecular flexibility index (Phi) is 4.93. The fourth-order valence-corrected chi connectivity index (χ4v) is 3.28. The Bertz CT molecular complexity index is 939. The number of thiazole rings is 1. The van der Waals surface area contributed by atoms with E-state index in [4.69, 9.17) is 14.2 Å². The number of ether oxygens (including phenoxy) is 3. The van der Waals surface area contributed by atoms with E-state index in [2.05, 4.69) is 10.3 Å². The molecule has 4 rings (SSSR count). The molecule has 6 nitrogen and oxygen atoms in total. The highest BCUT2D eigenvalue weighted by Crippen LogP contribution is 2.31. The van der Waals surface area contributed by atoms with Gasteiger partial charge in [-0.3, -0.25) is 0 Å². The molecule has 3 aromatic rings. The van der Waals surface area contributed by atoms with Crippen LogP contribution in [0.15, 0.2) is 53.9 Å². The van der Waals surface area contributed by atoms with Crippen molar-refractivity contribution in [1.29, 1.82) is 0 Å². The van der Waals surface area contributed by atoms with E-state index < -0.39 is 12.1 Å². The van der Waals surface area contributed by atoms with Gasteiger partial charge >= 0.3 is 5.97 Å². The summed E-state index contributed by atoms with van der Waals surface area (Å²) in [5, 5.41) is 5.84. The monoisotopic (exact) mass is 382 g/mol. The molecule has 138 valence electrons. The molecule has 27 heavy (non-hydrogen) atoms. The number of hydrogen-bond donors (Lipinski definition) is 1. The van der Waals surface area contributed by atoms with Crippen molar-refractivity contribution in [3.63, 3.8) is 0 Å². The zero-order chi connectivity index (χ0) is 18.6. The molecular weight excluding hydrogens is 364 g/mol. The minimum absolute atomic E-state index is 0.0897. The average molecular weight is 382 g/mol. The van der Waals surface area contributed by atoms with Gasteiger partial charge in [0.2, 0.25) is 6.10 Å². The van der Waals surface area contributed by atoms with Crippen molar-refractivity contribution >= 4 is 28.1 Å². The number of esters is 1. The second kappa shape index (κ2) is 7.67. The van der Waals surface area contributed by atoms with Crippen LogP contribution in [-0.2, 0) is 16.1 Å². The van der Waals surface area contributed by atoms with E-state index in [1.54, 1.807) is 12.1 Å². The Labute approximate surface area is 160 Å². The van der Waals surface area contributed by atoms with Gasteiger partial charge < -0.3 is 19.5 Å². The number of benzene rings is 2. The van der Waals surface area contributed by atoms with Crippen LogP contribution in [-0.4, -0.2) is 23.7 Å². The van der Waals surface area contributed by atoms with Gasteiger partial charge in [-0.15, -0.1) is 11.3 Å². The number of para-hydroxylation sites is 2. The van der Waals surface area contributed by atoms with Crippen molar-refractivity contribution in [1.82, 2.24) is 4.98 Å². The van der Waals surface area contributed by atoms with Crippen LogP contribution in [0, 0.1) is 6.92 Å². The first-order chi connectivity index (χ1) is 13.2. The maximum absolute atomic E-state index is 12.2. The minimum atomic E-state index is -0.774. The highest BCUT2D eigenvalue weighted by atomic mass is 32.1. The van der Waals surface area contributed by atoms with Crippen molar-refractivity contribution < 1.29 is 19.0 Å². The SMILES string of the molecule is Cc1ccc(Nc2nc(COC(=O)[C@H]3COc4ccccc4O3)cs2)cc1. The molecule has 2 heterocycles. The van der Waals surface area contributed by atoms with Crippen molar-refractivity contribution in [3.05, 3.63) is 65.2 Å². The van der Waals surface area contributed by atoms with Gasteiger partial charge in [0.1, 0.15) is 13.2 Å². The molecule has 0 amide bonds. The molecule has 2 aromatic carbocycles. The first-order valence-corrected chi connectivity index (χ1v) is 9.38. The Morgan fingerprint density at radius 2 is 2.00 bits per heavy atom. The number of fused-ring (bicyclic) bond motifs is 1. The quantitative estimate of drug-likeness (QED) is 0.671. The van der Waals surface area contributed by atoms with E-state index in [1.165, 1.54) is 16.9 Å². The van der Waals surface area contributed by atoms with Gasteiger partial charge in [-0.25, -0.2) is 9.78 Å². The summed E-state index contributed by atoms with van der Waals surface area (Å²) in [6, 6.07) is 15.3. The number of carbonyl (C=O) groups is 1. The summed E-state index contributed by atoms with van der Waals surface area (Å²) in [5.41, 5.74) is 2.84. The maximum atomic E-state index is 12.2. The van der Waals surface area contributed by atoms with Crippen LogP contribution in [0.4, 0.5) is 10.8 Å². The maximum Gasteiger partial charge on any atom is 0.351 e. The molecule has 1 aliphatic rings. The van der Waals surface area contributed by atoms with Crippen LogP contribution in [0.5, 0.6) is 11.5 Å². The lowest BCUT2D eigenvalue weighted by Gasteiger charge is -2.24. The summed E-state index contributed by atoms with van der Waals surface area (Å²) in [6.07, 6.45) is -0.774. The lowest BCUT2D eigenvalue weighted by atomic mass is 10.2. The van der Waals surface area contributed by atoms with E-state index >= 15 is 0 Å². The molecule has 0 spiro atoms. The van der Waals surface area contributed by atoms with Gasteiger partial charge in [0, 0.05) is 11.1 Å². The number of nitrogens with zero attached hydrogens (tertiary/aromatic N) is 1. The number of aryl methyl sites for hydroxylation is 1. The van der Waals surface area contributed by atoms with Crippen LogP contribution < -0.4 is 14.8 Å². The topological polar surface area (TPSA) is 69.7 Å². The number of aromatic nitrogens is 1. The molecule has 0 bridgehead atoms. The zero-order valence-electron chi connectivity index (χ0n) is 14.7. The van der Waals surface area contributed by atoms with Gasteiger partial charge in [-0.2, -0.15) is 0 Å². The number of nitrogens with one attached hydrogen (secondary N) is 1. The standard InChI is InChI=1S/C20H18N2O4S/c1-13-6-8-14(9-7-13)21-20-22-15(12-27-20)10-25-19(23)18-11-24-16-4-2-3-5-17(16)26-18/h2-9,12,18H,10-11H2,1H3,(H,21,22)/t18-/m1/s1. The third-order valence-electron chi connectivity index (χ3n) is 3.99. The van der Waals surface area contributed by atoms with Gasteiger partial charge in [-0.05, 0) is 31.2 Å². The molecule has 1 atom stereocenters. The number of anilines is 2. The predicted molar refractivity (Wildman–Crippen MR) is 103 cm³/mol. The summed E-state index contributed by atoms with van der Waals surface area (Å²) >= 11 is 1.46. The van der Waals surface area contributed by atoms with Crippen molar-refractivity contribution in [3.8, 4) is 11.5 Å². The van der Waals surface area contributed by atoms with Crippen molar-refractivity contribution in [2.75, 3.05) is 11.9 Å². The van der Waals surface area contributed by atoms with Gasteiger partial charge in [0.25, 0.3) is 0 Å². The first-order valence-electron chi connectivity index (χ1n) is 8.50. The van der Waals surface area contributed by atoms with E-state index in [-0.39, 0.29) is 13.2 Å². The van der Waals surface area contributed by atoms with Crippen molar-refractivity contribution in [2.24, 2.45) is 0 Å². The molecule has 0 saturated heterocycles. The van der Waals surface area contributed by atoms with Gasteiger partial charge in [0.15, 0.2) is 16.6 Å². The average Bonchev–Trinajstić information content (AvgIpc) is 3.15. The van der Waals surface area contributed by atoms with Crippen molar-refractivity contribution in [2.45, 2.75) is 19.6 Å². The predicted octanol–water partition coefficient (Wildman–Crippen LogP) is 4.08. The smallest absolute Gasteiger partial charge is 0.351 e. The first kappa shape index (κ1) is 17.4. The zero-order valence-corrected chi connectivity index (χ0v) is 15.5. The van der Waals surface area contributed by atoms with E-state index in [0.29, 0.717) is 17.2 Å². The van der Waals surface area contributed by atoms with Crippen LogP contribution in [0.1, 0.15) is 11.3 Å². The fraction of sp³-hybridized carbons (Fsp3) is 0.200. The number of carbonyl (C=O) groups excluding carboxylic acids is 1. The Morgan fingerprint density at radius 3 is 2.81 bits per heavy atom. The van der Waals surface area contributed by atoms with Crippen LogP contribution in [0.2, 0.25) is 0 Å². The molecule has 1 aliphatic heterocycles. The summed E-state index contributed by atoms with van der Waals surface area (Å²) in [4.78, 5) is 16.7. The highest BCUT2D eigenvalue weighted by molar-refractivity contribution is 7.13. The lowest BCUT2D eigenvalue weighted by Crippen LogP contribution is -2.37. The molecule has 0 saturated carbocycles. The number of rotatable bonds is 5. The van der Waals surface area contributed by atoms with E-state index in [0.717, 1.165) is 10.8 Å². The second-order valence-corrected chi connectivity index (χ2v) is 6.97. The third kappa shape index (κ3) is 4.20. The Morgan fingerprint density at radius 1 is 1.22 bits per heavy atom. The molecule has 0 aliphatic carbocycles. The van der Waals surface area contributed by atoms with E-state index in [1.807, 2.05) is 48.7 Å². The molecule has 0 unspecified atom stereocenters. The van der Waals surface area contributed by atoms with Crippen LogP contribution in [0.3, 0.4) is 0 Å².